The van der Waals surface area contributed by atoms with Crippen molar-refractivity contribution in [3.63, 3.8) is 0 Å². The van der Waals surface area contributed by atoms with Crippen molar-refractivity contribution in [3.05, 3.63) is 59.7 Å². The molecule has 0 saturated heterocycles. The van der Waals surface area contributed by atoms with Crippen LogP contribution < -0.4 is 9.47 Å². The Morgan fingerprint density at radius 2 is 1.84 bits per heavy atom. The Labute approximate surface area is 111 Å². The van der Waals surface area contributed by atoms with Crippen molar-refractivity contribution >= 4 is 5.97 Å². The Bertz CT molecular complexity index is 602. The van der Waals surface area contributed by atoms with Gasteiger partial charge in [0.05, 0.1) is 13.5 Å². The second-order valence-electron chi connectivity index (χ2n) is 4.54. The molecule has 0 aromatic heterocycles. The predicted octanol–water partition coefficient (Wildman–Crippen LogP) is 3.14. The number of fused-ring (bicyclic) bond motifs is 1. The number of methoxy groups -OCH3 is 1. The van der Waals surface area contributed by atoms with Gasteiger partial charge in [-0.3, -0.25) is 4.79 Å². The molecule has 96 valence electrons. The minimum absolute atomic E-state index is 0.0587. The smallest absolute Gasteiger partial charge is 0.312 e. The number of para-hydroxylation sites is 1. The van der Waals surface area contributed by atoms with Crippen LogP contribution in [0.2, 0.25) is 0 Å². The van der Waals surface area contributed by atoms with Gasteiger partial charge < -0.3 is 9.47 Å². The van der Waals surface area contributed by atoms with E-state index in [9.17, 15) is 4.79 Å². The lowest BCUT2D eigenvalue weighted by atomic mass is 9.86. The summed E-state index contributed by atoms with van der Waals surface area (Å²) in [6.45, 7) is 0. The molecule has 1 heterocycles. The van der Waals surface area contributed by atoms with E-state index in [-0.39, 0.29) is 11.9 Å². The zero-order valence-electron chi connectivity index (χ0n) is 10.6. The van der Waals surface area contributed by atoms with Crippen LogP contribution in [0, 0.1) is 0 Å². The highest BCUT2D eigenvalue weighted by Gasteiger charge is 2.27. The highest BCUT2D eigenvalue weighted by molar-refractivity contribution is 5.77. The lowest BCUT2D eigenvalue weighted by Crippen LogP contribution is -2.20. The molecule has 0 amide bonds. The van der Waals surface area contributed by atoms with Crippen molar-refractivity contribution in [3.8, 4) is 11.5 Å². The average molecular weight is 254 g/mol. The van der Waals surface area contributed by atoms with Crippen LogP contribution in [0.5, 0.6) is 11.5 Å². The topological polar surface area (TPSA) is 35.5 Å². The molecule has 0 fully saturated rings. The van der Waals surface area contributed by atoms with Gasteiger partial charge in [0, 0.05) is 11.5 Å². The van der Waals surface area contributed by atoms with E-state index in [1.54, 1.807) is 7.11 Å². The number of carbonyl (C=O) groups excluding carboxylic acids is 1. The molecule has 0 unspecified atom stereocenters. The van der Waals surface area contributed by atoms with E-state index in [1.165, 1.54) is 0 Å². The third kappa shape index (κ3) is 2.19. The van der Waals surface area contributed by atoms with Crippen LogP contribution in [-0.2, 0) is 4.79 Å². The summed E-state index contributed by atoms with van der Waals surface area (Å²) in [5.41, 5.74) is 2.16. The first-order valence-corrected chi connectivity index (χ1v) is 6.21. The standard InChI is InChI=1S/C16H14O3/c1-18-12-8-6-11(7-9-12)14-10-16(17)19-15-5-3-2-4-13(14)15/h2-9,14H,10H2,1H3/t14-/m0/s1. The van der Waals surface area contributed by atoms with Crippen LogP contribution >= 0.6 is 0 Å². The van der Waals surface area contributed by atoms with Gasteiger partial charge in [-0.15, -0.1) is 0 Å². The van der Waals surface area contributed by atoms with Gasteiger partial charge >= 0.3 is 5.97 Å². The third-order valence-electron chi connectivity index (χ3n) is 3.41. The van der Waals surface area contributed by atoms with Gasteiger partial charge in [0.15, 0.2) is 0 Å². The number of rotatable bonds is 2. The molecule has 2 aromatic carbocycles. The summed E-state index contributed by atoms with van der Waals surface area (Å²) >= 11 is 0. The third-order valence-corrected chi connectivity index (χ3v) is 3.41. The van der Waals surface area contributed by atoms with Crippen molar-refractivity contribution in [2.75, 3.05) is 7.11 Å². The first kappa shape index (κ1) is 11.8. The number of carbonyl (C=O) groups is 1. The van der Waals surface area contributed by atoms with Gasteiger partial charge in [0.1, 0.15) is 11.5 Å². The molecule has 3 heteroatoms. The minimum Gasteiger partial charge on any atom is -0.497 e. The Kier molecular flexibility index (Phi) is 2.95. The van der Waals surface area contributed by atoms with Crippen molar-refractivity contribution < 1.29 is 14.3 Å². The summed E-state index contributed by atoms with van der Waals surface area (Å²) in [7, 11) is 1.64. The number of esters is 1. The average Bonchev–Trinajstić information content (AvgIpc) is 2.46. The molecule has 0 bridgehead atoms. The van der Waals surface area contributed by atoms with E-state index in [0.29, 0.717) is 12.2 Å². The molecule has 0 N–H and O–H groups in total. The SMILES string of the molecule is COc1ccc([C@@H]2CC(=O)Oc3ccccc32)cc1. The summed E-state index contributed by atoms with van der Waals surface area (Å²) in [6, 6.07) is 15.5. The minimum atomic E-state index is -0.181. The highest BCUT2D eigenvalue weighted by atomic mass is 16.5. The van der Waals surface area contributed by atoms with Crippen molar-refractivity contribution in [2.45, 2.75) is 12.3 Å². The second-order valence-corrected chi connectivity index (χ2v) is 4.54. The van der Waals surface area contributed by atoms with Gasteiger partial charge in [-0.2, -0.15) is 0 Å². The summed E-state index contributed by atoms with van der Waals surface area (Å²) < 4.78 is 10.4. The fourth-order valence-corrected chi connectivity index (χ4v) is 2.44. The fourth-order valence-electron chi connectivity index (χ4n) is 2.44. The lowest BCUT2D eigenvalue weighted by molar-refractivity contribution is -0.135. The number of hydrogen-bond acceptors (Lipinski definition) is 3. The van der Waals surface area contributed by atoms with E-state index in [1.807, 2.05) is 48.5 Å². The Hall–Kier alpha value is -2.29. The molecule has 0 radical (unpaired) electrons. The van der Waals surface area contributed by atoms with Crippen LogP contribution in [0.1, 0.15) is 23.5 Å². The number of benzene rings is 2. The highest BCUT2D eigenvalue weighted by Crippen LogP contribution is 2.38. The Morgan fingerprint density at radius 1 is 1.11 bits per heavy atom. The van der Waals surface area contributed by atoms with Crippen LogP contribution in [0.15, 0.2) is 48.5 Å². The van der Waals surface area contributed by atoms with Crippen LogP contribution in [0.25, 0.3) is 0 Å². The predicted molar refractivity (Wildman–Crippen MR) is 71.5 cm³/mol. The molecule has 0 aliphatic carbocycles. The van der Waals surface area contributed by atoms with Crippen molar-refractivity contribution in [1.29, 1.82) is 0 Å². The lowest BCUT2D eigenvalue weighted by Gasteiger charge is -2.24. The Balaban J connectivity index is 2.02. The van der Waals surface area contributed by atoms with E-state index in [2.05, 4.69) is 0 Å². The number of ether oxygens (including phenoxy) is 2. The first-order chi connectivity index (χ1) is 9.28. The maximum atomic E-state index is 11.7. The molecule has 3 rings (SSSR count). The second kappa shape index (κ2) is 4.76. The van der Waals surface area contributed by atoms with E-state index < -0.39 is 0 Å². The Morgan fingerprint density at radius 3 is 2.58 bits per heavy atom. The summed E-state index contributed by atoms with van der Waals surface area (Å²) in [4.78, 5) is 11.7. The molecule has 3 nitrogen and oxygen atoms in total. The van der Waals surface area contributed by atoms with E-state index in [0.717, 1.165) is 16.9 Å². The van der Waals surface area contributed by atoms with Crippen LogP contribution in [0.4, 0.5) is 0 Å². The summed E-state index contributed by atoms with van der Waals surface area (Å²) in [5.74, 6) is 1.36. The molecule has 0 spiro atoms. The molecule has 19 heavy (non-hydrogen) atoms. The molecule has 1 aliphatic heterocycles. The normalized spacial score (nSPS) is 17.5. The zero-order valence-corrected chi connectivity index (χ0v) is 10.6. The largest absolute Gasteiger partial charge is 0.497 e. The van der Waals surface area contributed by atoms with Crippen molar-refractivity contribution in [2.24, 2.45) is 0 Å². The zero-order chi connectivity index (χ0) is 13.2. The summed E-state index contributed by atoms with van der Waals surface area (Å²) in [6.07, 6.45) is 0.378. The van der Waals surface area contributed by atoms with E-state index in [4.69, 9.17) is 9.47 Å². The fraction of sp³-hybridized carbons (Fsp3) is 0.188. The van der Waals surface area contributed by atoms with Gasteiger partial charge in [-0.25, -0.2) is 0 Å². The maximum absolute atomic E-state index is 11.7. The molecular formula is C16H14O3. The first-order valence-electron chi connectivity index (χ1n) is 6.21. The van der Waals surface area contributed by atoms with E-state index >= 15 is 0 Å². The van der Waals surface area contributed by atoms with Crippen molar-refractivity contribution in [1.82, 2.24) is 0 Å². The van der Waals surface area contributed by atoms with Crippen LogP contribution in [0.3, 0.4) is 0 Å². The number of hydrogen-bond donors (Lipinski definition) is 0. The molecule has 1 aliphatic rings. The summed E-state index contributed by atoms with van der Waals surface area (Å²) in [5, 5.41) is 0. The molecule has 2 aromatic rings. The molecule has 1 atom stereocenters. The monoisotopic (exact) mass is 254 g/mol. The van der Waals surface area contributed by atoms with Gasteiger partial charge in [0.25, 0.3) is 0 Å². The van der Waals surface area contributed by atoms with Gasteiger partial charge in [0.2, 0.25) is 0 Å². The maximum Gasteiger partial charge on any atom is 0.312 e. The molecule has 0 saturated carbocycles. The quantitative estimate of drug-likeness (QED) is 0.610. The van der Waals surface area contributed by atoms with Gasteiger partial charge in [-0.1, -0.05) is 30.3 Å². The molecular weight excluding hydrogens is 240 g/mol. The van der Waals surface area contributed by atoms with Gasteiger partial charge in [-0.05, 0) is 23.8 Å². The van der Waals surface area contributed by atoms with Crippen LogP contribution in [-0.4, -0.2) is 13.1 Å².